The summed E-state index contributed by atoms with van der Waals surface area (Å²) in [5.41, 5.74) is 3.86. The van der Waals surface area contributed by atoms with Crippen molar-refractivity contribution >= 4 is 50.7 Å². The largest absolute Gasteiger partial charge is 0.493 e. The smallest absolute Gasteiger partial charge is 0.276 e. The average Bonchev–Trinajstić information content (AvgIpc) is 3.77. The molecule has 6 aromatic carbocycles. The fourth-order valence-corrected chi connectivity index (χ4v) is 8.09. The van der Waals surface area contributed by atoms with Crippen molar-refractivity contribution in [2.24, 2.45) is 0 Å². The number of carbonyl (C=O) groups is 1. The predicted molar refractivity (Wildman–Crippen MR) is 236 cm³/mol. The topological polar surface area (TPSA) is 123 Å². The van der Waals surface area contributed by atoms with Crippen molar-refractivity contribution in [1.29, 1.82) is 0 Å². The second-order valence-corrected chi connectivity index (χ2v) is 15.1. The van der Waals surface area contributed by atoms with Crippen LogP contribution in [0.3, 0.4) is 0 Å². The molecule has 10 nitrogen and oxygen atoms in total. The number of nitrogens with zero attached hydrogens (tertiary/aromatic N) is 2. The van der Waals surface area contributed by atoms with E-state index in [4.69, 9.17) is 32.7 Å². The van der Waals surface area contributed by atoms with Crippen molar-refractivity contribution in [2.75, 3.05) is 19.0 Å². The Morgan fingerprint density at radius 1 is 0.678 bits per heavy atom. The molecule has 0 spiro atoms. The molecule has 2 heterocycles. The van der Waals surface area contributed by atoms with E-state index in [1.54, 1.807) is 72.8 Å². The molecule has 0 aliphatic rings. The van der Waals surface area contributed by atoms with Crippen molar-refractivity contribution in [3.05, 3.63) is 204 Å². The van der Waals surface area contributed by atoms with Gasteiger partial charge in [-0.15, -0.1) is 0 Å². The molecule has 8 aromatic rings. The van der Waals surface area contributed by atoms with Crippen LogP contribution < -0.4 is 25.9 Å². The van der Waals surface area contributed by atoms with Crippen LogP contribution in [0.1, 0.15) is 22.6 Å². The number of anilines is 1. The fourth-order valence-electron chi connectivity index (χ4n) is 7.07. The van der Waals surface area contributed by atoms with Gasteiger partial charge < -0.3 is 14.8 Å². The van der Waals surface area contributed by atoms with Crippen LogP contribution in [-0.2, 0) is 4.79 Å². The summed E-state index contributed by atoms with van der Waals surface area (Å²) in [5, 5.41) is 10.2. The maximum atomic E-state index is 15.2. The Morgan fingerprint density at radius 2 is 1.14 bits per heavy atom. The molecule has 13 heteroatoms. The first-order chi connectivity index (χ1) is 28.7. The molecule has 0 saturated heterocycles. The number of nitrogens with one attached hydrogen (secondary N) is 3. The Balaban J connectivity index is 1.40. The first-order valence-electron chi connectivity index (χ1n) is 18.4. The quantitative estimate of drug-likeness (QED) is 0.113. The van der Waals surface area contributed by atoms with Crippen LogP contribution >= 0.6 is 39.1 Å². The SMILES string of the molecule is COc1cc(C(c2c(-c3ccccc3)[nH]n(-c3ccccc3Cl)c2=O)c2c(-c3ccccc3)[nH]n(-c3ccccc3Cl)c2=O)cc(Br)c1OCC(=O)Nc1ccccc1. The summed E-state index contributed by atoms with van der Waals surface area (Å²) in [6, 6.07) is 45.3. The highest BCUT2D eigenvalue weighted by molar-refractivity contribution is 9.10. The second kappa shape index (κ2) is 17.1. The Labute approximate surface area is 356 Å². The summed E-state index contributed by atoms with van der Waals surface area (Å²) in [4.78, 5) is 43.5. The van der Waals surface area contributed by atoms with Gasteiger partial charge in [-0.05, 0) is 81.2 Å². The number of aromatic amines is 2. The number of hydrogen-bond acceptors (Lipinski definition) is 5. The van der Waals surface area contributed by atoms with Crippen LogP contribution in [0.4, 0.5) is 5.69 Å². The van der Waals surface area contributed by atoms with Gasteiger partial charge in [-0.1, -0.05) is 126 Å². The number of ether oxygens (including phenoxy) is 2. The van der Waals surface area contributed by atoms with E-state index in [1.165, 1.54) is 16.5 Å². The highest BCUT2D eigenvalue weighted by Crippen LogP contribution is 2.44. The van der Waals surface area contributed by atoms with Crippen LogP contribution in [0, 0.1) is 0 Å². The van der Waals surface area contributed by atoms with Crippen molar-refractivity contribution in [2.45, 2.75) is 5.92 Å². The third-order valence-corrected chi connectivity index (χ3v) is 11.0. The second-order valence-electron chi connectivity index (χ2n) is 13.4. The molecule has 1 amide bonds. The molecule has 8 rings (SSSR count). The van der Waals surface area contributed by atoms with Gasteiger partial charge in [0, 0.05) is 11.6 Å². The third kappa shape index (κ3) is 7.88. The van der Waals surface area contributed by atoms with Gasteiger partial charge >= 0.3 is 0 Å². The molecule has 0 bridgehead atoms. The number of methoxy groups -OCH3 is 1. The minimum atomic E-state index is -1.07. The molecule has 0 unspecified atom stereocenters. The molecule has 0 aliphatic heterocycles. The molecule has 59 heavy (non-hydrogen) atoms. The lowest BCUT2D eigenvalue weighted by Crippen LogP contribution is -2.25. The van der Waals surface area contributed by atoms with Crippen LogP contribution in [0.25, 0.3) is 33.9 Å². The fraction of sp³-hybridized carbons (Fsp3) is 0.0652. The molecule has 2 aromatic heterocycles. The highest BCUT2D eigenvalue weighted by Gasteiger charge is 2.35. The number of para-hydroxylation sites is 3. The van der Waals surface area contributed by atoms with Crippen molar-refractivity contribution in [3.8, 4) is 45.4 Å². The van der Waals surface area contributed by atoms with Crippen LogP contribution in [0.15, 0.2) is 166 Å². The Hall–Kier alpha value is -6.53. The Bertz CT molecular complexity index is 2770. The number of amides is 1. The van der Waals surface area contributed by atoms with Gasteiger partial charge in [-0.3, -0.25) is 24.6 Å². The summed E-state index contributed by atoms with van der Waals surface area (Å²) in [6.07, 6.45) is 0. The standard InChI is InChI=1S/C46H34BrCl2N5O5/c1-58-37-26-30(25-32(47)44(37)59-27-38(55)50-31-19-9-4-10-20-31)39(40-42(28-15-5-2-6-16-28)51-53(45(40)56)35-23-13-11-21-33(35)48)41-43(29-17-7-3-8-18-29)52-54(46(41)57)36-24-14-12-22-34(36)49/h2-26,39,51-52H,27H2,1H3,(H,50,55). The summed E-state index contributed by atoms with van der Waals surface area (Å²) in [5.74, 6) is -0.957. The zero-order valence-corrected chi connectivity index (χ0v) is 34.4. The minimum absolute atomic E-state index is 0.245. The minimum Gasteiger partial charge on any atom is -0.493 e. The first-order valence-corrected chi connectivity index (χ1v) is 19.9. The van der Waals surface area contributed by atoms with Crippen LogP contribution in [-0.4, -0.2) is 39.2 Å². The van der Waals surface area contributed by atoms with E-state index in [0.717, 1.165) is 0 Å². The number of aromatic nitrogens is 4. The number of benzene rings is 6. The molecule has 3 N–H and O–H groups in total. The van der Waals surface area contributed by atoms with E-state index in [-0.39, 0.29) is 35.1 Å². The summed E-state index contributed by atoms with van der Waals surface area (Å²) in [6.45, 7) is -0.330. The lowest BCUT2D eigenvalue weighted by Gasteiger charge is -2.21. The van der Waals surface area contributed by atoms with E-state index >= 15 is 9.59 Å². The van der Waals surface area contributed by atoms with Gasteiger partial charge in [0.1, 0.15) is 0 Å². The normalized spacial score (nSPS) is 11.1. The number of halogens is 3. The zero-order valence-electron chi connectivity index (χ0n) is 31.3. The maximum Gasteiger partial charge on any atom is 0.276 e. The van der Waals surface area contributed by atoms with E-state index in [9.17, 15) is 4.79 Å². The number of hydrogen-bond donors (Lipinski definition) is 3. The third-order valence-electron chi connectivity index (χ3n) is 9.73. The lowest BCUT2D eigenvalue weighted by atomic mass is 9.83. The lowest BCUT2D eigenvalue weighted by molar-refractivity contribution is -0.118. The van der Waals surface area contributed by atoms with Crippen LogP contribution in [0.2, 0.25) is 10.0 Å². The van der Waals surface area contributed by atoms with Crippen molar-refractivity contribution in [1.82, 2.24) is 19.6 Å². The zero-order chi connectivity index (χ0) is 41.0. The van der Waals surface area contributed by atoms with E-state index in [0.29, 0.717) is 59.7 Å². The monoisotopic (exact) mass is 885 g/mol. The molecular formula is C46H34BrCl2N5O5. The molecule has 0 atom stereocenters. The van der Waals surface area contributed by atoms with Crippen molar-refractivity contribution < 1.29 is 14.3 Å². The maximum absolute atomic E-state index is 15.2. The van der Waals surface area contributed by atoms with E-state index in [1.807, 2.05) is 78.9 Å². The van der Waals surface area contributed by atoms with E-state index in [2.05, 4.69) is 31.4 Å². The van der Waals surface area contributed by atoms with Crippen LogP contribution in [0.5, 0.6) is 11.5 Å². The highest BCUT2D eigenvalue weighted by atomic mass is 79.9. The van der Waals surface area contributed by atoms with Crippen molar-refractivity contribution in [3.63, 3.8) is 0 Å². The van der Waals surface area contributed by atoms with Gasteiger partial charge in [-0.2, -0.15) is 0 Å². The van der Waals surface area contributed by atoms with Gasteiger partial charge in [-0.25, -0.2) is 9.36 Å². The molecular weight excluding hydrogens is 853 g/mol. The number of H-pyrrole nitrogens is 2. The number of carbonyl (C=O) groups excluding carboxylic acids is 1. The average molecular weight is 888 g/mol. The first kappa shape index (κ1) is 39.3. The molecule has 0 aliphatic carbocycles. The summed E-state index contributed by atoms with van der Waals surface area (Å²) in [7, 11) is 1.48. The van der Waals surface area contributed by atoms with Gasteiger partial charge in [0.15, 0.2) is 18.1 Å². The Kier molecular flexibility index (Phi) is 11.4. The summed E-state index contributed by atoms with van der Waals surface area (Å²) < 4.78 is 15.2. The predicted octanol–water partition coefficient (Wildman–Crippen LogP) is 10.3. The molecule has 0 saturated carbocycles. The summed E-state index contributed by atoms with van der Waals surface area (Å²) >= 11 is 17.1. The number of rotatable bonds is 12. The molecule has 0 radical (unpaired) electrons. The molecule has 294 valence electrons. The van der Waals surface area contributed by atoms with E-state index < -0.39 is 17.0 Å². The van der Waals surface area contributed by atoms with Gasteiger partial charge in [0.2, 0.25) is 0 Å². The van der Waals surface area contributed by atoms with Gasteiger partial charge in [0.05, 0.1) is 55.5 Å². The van der Waals surface area contributed by atoms with Gasteiger partial charge in [0.25, 0.3) is 17.0 Å². The Morgan fingerprint density at radius 3 is 1.61 bits per heavy atom. The molecule has 0 fully saturated rings.